The Bertz CT molecular complexity index is 371. The number of halogens is 1. The Labute approximate surface area is 90.5 Å². The standard InChI is InChI=1S/C9H10ClNO2S/c10-6-1-2-14-7(6)9(8(12)13)3-5(11)4-9/h1-2,5H,3-4,11H2,(H,12,13). The molecule has 1 aromatic heterocycles. The Morgan fingerprint density at radius 2 is 2.36 bits per heavy atom. The number of carboxylic acids is 1. The molecule has 14 heavy (non-hydrogen) atoms. The smallest absolute Gasteiger partial charge is 0.315 e. The highest BCUT2D eigenvalue weighted by Gasteiger charge is 2.52. The third kappa shape index (κ3) is 1.26. The molecule has 0 bridgehead atoms. The second-order valence-corrected chi connectivity index (χ2v) is 4.98. The van der Waals surface area contributed by atoms with Crippen molar-refractivity contribution in [3.8, 4) is 0 Å². The molecule has 2 rings (SSSR count). The van der Waals surface area contributed by atoms with Gasteiger partial charge in [0.2, 0.25) is 0 Å². The van der Waals surface area contributed by atoms with Crippen LogP contribution in [0.4, 0.5) is 0 Å². The number of hydrogen-bond acceptors (Lipinski definition) is 3. The Hall–Kier alpha value is -0.580. The second kappa shape index (κ2) is 3.22. The summed E-state index contributed by atoms with van der Waals surface area (Å²) in [4.78, 5) is 11.9. The van der Waals surface area contributed by atoms with Crippen LogP contribution in [0, 0.1) is 0 Å². The zero-order valence-corrected chi connectivity index (χ0v) is 8.94. The van der Waals surface area contributed by atoms with E-state index in [-0.39, 0.29) is 6.04 Å². The van der Waals surface area contributed by atoms with Crippen LogP contribution in [-0.4, -0.2) is 17.1 Å². The van der Waals surface area contributed by atoms with Crippen LogP contribution in [0.1, 0.15) is 17.7 Å². The summed E-state index contributed by atoms with van der Waals surface area (Å²) in [5, 5.41) is 11.5. The van der Waals surface area contributed by atoms with Gasteiger partial charge in [-0.2, -0.15) is 0 Å². The van der Waals surface area contributed by atoms with Gasteiger partial charge in [-0.25, -0.2) is 0 Å². The van der Waals surface area contributed by atoms with Gasteiger partial charge in [0.15, 0.2) is 0 Å². The zero-order chi connectivity index (χ0) is 10.3. The summed E-state index contributed by atoms with van der Waals surface area (Å²) in [6.07, 6.45) is 0.977. The highest BCUT2D eigenvalue weighted by atomic mass is 35.5. The highest BCUT2D eigenvalue weighted by Crippen LogP contribution is 2.48. The summed E-state index contributed by atoms with van der Waals surface area (Å²) in [7, 11) is 0. The van der Waals surface area contributed by atoms with E-state index in [9.17, 15) is 9.90 Å². The SMILES string of the molecule is NC1CC(C(=O)O)(c2sccc2Cl)C1. The molecule has 0 aromatic carbocycles. The van der Waals surface area contributed by atoms with Crippen molar-refractivity contribution < 1.29 is 9.90 Å². The van der Waals surface area contributed by atoms with Crippen molar-refractivity contribution in [3.05, 3.63) is 21.3 Å². The lowest BCUT2D eigenvalue weighted by atomic mass is 9.65. The van der Waals surface area contributed by atoms with E-state index in [1.54, 1.807) is 6.07 Å². The molecule has 1 aliphatic rings. The average molecular weight is 232 g/mol. The molecule has 0 aliphatic heterocycles. The first-order valence-corrected chi connectivity index (χ1v) is 5.54. The molecule has 76 valence electrons. The molecule has 0 atom stereocenters. The first kappa shape index (κ1) is 9.96. The number of thiophene rings is 1. The van der Waals surface area contributed by atoms with Crippen molar-refractivity contribution >= 4 is 28.9 Å². The van der Waals surface area contributed by atoms with E-state index >= 15 is 0 Å². The van der Waals surface area contributed by atoms with E-state index in [4.69, 9.17) is 17.3 Å². The quantitative estimate of drug-likeness (QED) is 0.817. The van der Waals surface area contributed by atoms with Crippen molar-refractivity contribution in [2.24, 2.45) is 5.73 Å². The third-order valence-corrected chi connectivity index (χ3v) is 4.23. The van der Waals surface area contributed by atoms with Gasteiger partial charge in [0.05, 0.1) is 5.02 Å². The molecule has 1 aromatic rings. The summed E-state index contributed by atoms with van der Waals surface area (Å²) in [6.45, 7) is 0. The van der Waals surface area contributed by atoms with Gasteiger partial charge in [-0.1, -0.05) is 11.6 Å². The van der Waals surface area contributed by atoms with Crippen LogP contribution >= 0.6 is 22.9 Å². The first-order chi connectivity index (χ1) is 6.56. The van der Waals surface area contributed by atoms with Crippen molar-refractivity contribution in [3.63, 3.8) is 0 Å². The van der Waals surface area contributed by atoms with Crippen LogP contribution in [0.15, 0.2) is 11.4 Å². The molecule has 1 saturated carbocycles. The molecule has 1 fully saturated rings. The predicted molar refractivity (Wildman–Crippen MR) is 55.9 cm³/mol. The topological polar surface area (TPSA) is 63.3 Å². The normalized spacial score (nSPS) is 31.1. The van der Waals surface area contributed by atoms with Crippen LogP contribution in [-0.2, 0) is 10.2 Å². The average Bonchev–Trinajstić information content (AvgIpc) is 2.45. The van der Waals surface area contributed by atoms with Crippen LogP contribution in [0.5, 0.6) is 0 Å². The molecule has 1 heterocycles. The molecule has 0 unspecified atom stereocenters. The fraction of sp³-hybridized carbons (Fsp3) is 0.444. The van der Waals surface area contributed by atoms with Crippen LogP contribution < -0.4 is 5.73 Å². The monoisotopic (exact) mass is 231 g/mol. The number of nitrogens with two attached hydrogens (primary N) is 1. The van der Waals surface area contributed by atoms with E-state index in [0.29, 0.717) is 17.9 Å². The summed E-state index contributed by atoms with van der Waals surface area (Å²) >= 11 is 7.33. The summed E-state index contributed by atoms with van der Waals surface area (Å²) in [6, 6.07) is 1.72. The molecule has 3 N–H and O–H groups in total. The van der Waals surface area contributed by atoms with Gasteiger partial charge in [0.25, 0.3) is 0 Å². The van der Waals surface area contributed by atoms with Gasteiger partial charge in [-0.3, -0.25) is 4.79 Å². The number of carboxylic acid groups (broad SMARTS) is 1. The lowest BCUT2D eigenvalue weighted by Crippen LogP contribution is -2.53. The minimum Gasteiger partial charge on any atom is -0.481 e. The molecule has 0 radical (unpaired) electrons. The summed E-state index contributed by atoms with van der Waals surface area (Å²) in [5.74, 6) is -0.816. The van der Waals surface area contributed by atoms with E-state index in [0.717, 1.165) is 4.88 Å². The number of hydrogen-bond donors (Lipinski definition) is 2. The minimum absolute atomic E-state index is 0.00994. The molecule has 5 heteroatoms. The predicted octanol–water partition coefficient (Wildman–Crippen LogP) is 1.85. The van der Waals surface area contributed by atoms with Crippen molar-refractivity contribution in [2.75, 3.05) is 0 Å². The van der Waals surface area contributed by atoms with Crippen molar-refractivity contribution in [1.82, 2.24) is 0 Å². The lowest BCUT2D eigenvalue weighted by Gasteiger charge is -2.42. The molecular weight excluding hydrogens is 222 g/mol. The molecule has 0 amide bonds. The van der Waals surface area contributed by atoms with Gasteiger partial charge < -0.3 is 10.8 Å². The third-order valence-electron chi connectivity index (χ3n) is 2.68. The van der Waals surface area contributed by atoms with E-state index in [2.05, 4.69) is 0 Å². The van der Waals surface area contributed by atoms with Crippen LogP contribution in [0.2, 0.25) is 5.02 Å². The second-order valence-electron chi connectivity index (χ2n) is 3.65. The molecule has 0 saturated heterocycles. The van der Waals surface area contributed by atoms with Gasteiger partial charge in [0.1, 0.15) is 5.41 Å². The van der Waals surface area contributed by atoms with E-state index < -0.39 is 11.4 Å². The largest absolute Gasteiger partial charge is 0.481 e. The molecule has 0 spiro atoms. The van der Waals surface area contributed by atoms with Crippen molar-refractivity contribution in [1.29, 1.82) is 0 Å². The van der Waals surface area contributed by atoms with E-state index in [1.165, 1.54) is 11.3 Å². The van der Waals surface area contributed by atoms with E-state index in [1.807, 2.05) is 5.38 Å². The van der Waals surface area contributed by atoms with Gasteiger partial charge in [-0.05, 0) is 24.3 Å². The fourth-order valence-corrected chi connectivity index (χ4v) is 3.38. The highest BCUT2D eigenvalue weighted by molar-refractivity contribution is 7.10. The Morgan fingerprint density at radius 1 is 1.71 bits per heavy atom. The van der Waals surface area contributed by atoms with Gasteiger partial charge in [-0.15, -0.1) is 11.3 Å². The zero-order valence-electron chi connectivity index (χ0n) is 7.37. The lowest BCUT2D eigenvalue weighted by molar-refractivity contribution is -0.148. The number of carbonyl (C=O) groups is 1. The number of rotatable bonds is 2. The number of aliphatic carboxylic acids is 1. The molecule has 3 nitrogen and oxygen atoms in total. The minimum atomic E-state index is -0.816. The van der Waals surface area contributed by atoms with Gasteiger partial charge in [0, 0.05) is 10.9 Å². The Balaban J connectivity index is 2.39. The Morgan fingerprint density at radius 3 is 2.71 bits per heavy atom. The first-order valence-electron chi connectivity index (χ1n) is 4.29. The molecular formula is C9H10ClNO2S. The summed E-state index contributed by atoms with van der Waals surface area (Å²) < 4.78 is 0. The van der Waals surface area contributed by atoms with Crippen LogP contribution in [0.25, 0.3) is 0 Å². The molecule has 1 aliphatic carbocycles. The van der Waals surface area contributed by atoms with Gasteiger partial charge >= 0.3 is 5.97 Å². The Kier molecular flexibility index (Phi) is 2.29. The maximum absolute atomic E-state index is 11.2. The maximum atomic E-state index is 11.2. The van der Waals surface area contributed by atoms with Crippen molar-refractivity contribution in [2.45, 2.75) is 24.3 Å². The maximum Gasteiger partial charge on any atom is 0.315 e. The fourth-order valence-electron chi connectivity index (χ4n) is 1.93. The summed E-state index contributed by atoms with van der Waals surface area (Å²) in [5.41, 5.74) is 4.83. The van der Waals surface area contributed by atoms with Crippen LogP contribution in [0.3, 0.4) is 0 Å².